The molecule has 1 atom stereocenters. The molecule has 0 amide bonds. The van der Waals surface area contributed by atoms with E-state index >= 15 is 0 Å². The number of carbonyl (C=O) groups is 1. The molecule has 1 aromatic rings. The van der Waals surface area contributed by atoms with Crippen LogP contribution in [0.4, 0.5) is 18.3 Å². The Morgan fingerprint density at radius 2 is 2.16 bits per heavy atom. The Labute approximate surface area is 111 Å². The summed E-state index contributed by atoms with van der Waals surface area (Å²) in [5.41, 5.74) is 0. The van der Waals surface area contributed by atoms with Crippen molar-refractivity contribution in [1.29, 1.82) is 0 Å². The van der Waals surface area contributed by atoms with Crippen molar-refractivity contribution >= 4 is 22.4 Å². The van der Waals surface area contributed by atoms with Crippen LogP contribution in [0.1, 0.15) is 30.7 Å². The number of nitrogens with zero attached hydrogens (tertiary/aromatic N) is 3. The first-order valence-corrected chi connectivity index (χ1v) is 6.58. The molecule has 2 heterocycles. The van der Waals surface area contributed by atoms with Crippen LogP contribution >= 0.6 is 11.3 Å². The van der Waals surface area contributed by atoms with Gasteiger partial charge in [-0.2, -0.15) is 13.2 Å². The highest BCUT2D eigenvalue weighted by Gasteiger charge is 2.37. The summed E-state index contributed by atoms with van der Waals surface area (Å²) < 4.78 is 37.4. The lowest BCUT2D eigenvalue weighted by Gasteiger charge is -2.34. The van der Waals surface area contributed by atoms with Crippen LogP contribution in [-0.2, 0) is 11.0 Å². The van der Waals surface area contributed by atoms with E-state index in [1.807, 2.05) is 0 Å². The second kappa shape index (κ2) is 5.32. The van der Waals surface area contributed by atoms with Crippen molar-refractivity contribution in [3.8, 4) is 0 Å². The maximum atomic E-state index is 12.5. The van der Waals surface area contributed by atoms with Gasteiger partial charge in [0.25, 0.3) is 0 Å². The third-order valence-corrected chi connectivity index (χ3v) is 3.95. The minimum absolute atomic E-state index is 0.0963. The molecule has 0 aliphatic carbocycles. The number of aliphatic carboxylic acids is 1. The molecule has 9 heteroatoms. The average molecular weight is 295 g/mol. The summed E-state index contributed by atoms with van der Waals surface area (Å²) in [7, 11) is 0. The predicted molar refractivity (Wildman–Crippen MR) is 62.1 cm³/mol. The molecular weight excluding hydrogens is 283 g/mol. The summed E-state index contributed by atoms with van der Waals surface area (Å²) in [6, 6.07) is -0.305. The normalized spacial score (nSPS) is 20.6. The maximum Gasteiger partial charge on any atom is 0.445 e. The number of rotatable bonds is 3. The molecule has 1 saturated heterocycles. The van der Waals surface area contributed by atoms with E-state index < -0.39 is 17.2 Å². The first kappa shape index (κ1) is 14.0. The number of piperidine rings is 1. The van der Waals surface area contributed by atoms with E-state index in [0.717, 1.165) is 12.8 Å². The quantitative estimate of drug-likeness (QED) is 0.927. The van der Waals surface area contributed by atoms with Crippen LogP contribution in [0.5, 0.6) is 0 Å². The molecule has 0 radical (unpaired) electrons. The number of aromatic nitrogens is 2. The van der Waals surface area contributed by atoms with Crippen molar-refractivity contribution in [2.45, 2.75) is 37.9 Å². The van der Waals surface area contributed by atoms with Crippen molar-refractivity contribution in [2.75, 3.05) is 11.4 Å². The standard InChI is InChI=1S/C10H12F3N3O2S/c11-10(12,13)8-14-15-9(19-8)16-4-2-1-3-6(16)5-7(17)18/h6H,1-5H2,(H,17,18). The Kier molecular flexibility index (Phi) is 3.93. The Morgan fingerprint density at radius 3 is 2.74 bits per heavy atom. The summed E-state index contributed by atoms with van der Waals surface area (Å²) >= 11 is 0.463. The highest BCUT2D eigenvalue weighted by atomic mass is 32.1. The molecule has 1 aromatic heterocycles. The van der Waals surface area contributed by atoms with Crippen molar-refractivity contribution in [1.82, 2.24) is 10.2 Å². The van der Waals surface area contributed by atoms with Crippen molar-refractivity contribution in [2.24, 2.45) is 0 Å². The molecule has 1 N–H and O–H groups in total. The molecular formula is C10H12F3N3O2S. The zero-order chi connectivity index (χ0) is 14.0. The Bertz CT molecular complexity index is 463. The van der Waals surface area contributed by atoms with Gasteiger partial charge in [-0.25, -0.2) is 0 Å². The van der Waals surface area contributed by atoms with Gasteiger partial charge in [-0.3, -0.25) is 4.79 Å². The van der Waals surface area contributed by atoms with E-state index in [9.17, 15) is 18.0 Å². The fourth-order valence-corrected chi connectivity index (χ4v) is 2.92. The molecule has 0 saturated carbocycles. The number of hydrogen-bond donors (Lipinski definition) is 1. The van der Waals surface area contributed by atoms with Gasteiger partial charge < -0.3 is 10.0 Å². The molecule has 0 bridgehead atoms. The summed E-state index contributed by atoms with van der Waals surface area (Å²) in [6.07, 6.45) is -2.27. The maximum absolute atomic E-state index is 12.5. The zero-order valence-corrected chi connectivity index (χ0v) is 10.7. The van der Waals surface area contributed by atoms with Gasteiger partial charge in [0.05, 0.1) is 6.42 Å². The summed E-state index contributed by atoms with van der Waals surface area (Å²) in [6.45, 7) is 0.518. The minimum atomic E-state index is -4.51. The monoisotopic (exact) mass is 295 g/mol. The van der Waals surface area contributed by atoms with E-state index in [2.05, 4.69) is 10.2 Å². The second-order valence-corrected chi connectivity index (χ2v) is 5.28. The number of carboxylic acid groups (broad SMARTS) is 1. The summed E-state index contributed by atoms with van der Waals surface area (Å²) in [4.78, 5) is 12.4. The van der Waals surface area contributed by atoms with Gasteiger partial charge in [0, 0.05) is 12.6 Å². The van der Waals surface area contributed by atoms with Crippen molar-refractivity contribution in [3.63, 3.8) is 0 Å². The lowest BCUT2D eigenvalue weighted by molar-refractivity contribution is -0.138. The summed E-state index contributed by atoms with van der Waals surface area (Å²) in [5, 5.41) is 14.7. The van der Waals surface area contributed by atoms with Gasteiger partial charge in [0.2, 0.25) is 10.1 Å². The minimum Gasteiger partial charge on any atom is -0.481 e. The van der Waals surface area contributed by atoms with E-state index in [1.54, 1.807) is 4.90 Å². The molecule has 2 rings (SSSR count). The van der Waals surface area contributed by atoms with E-state index in [4.69, 9.17) is 5.11 Å². The lowest BCUT2D eigenvalue weighted by atomic mass is 10.0. The zero-order valence-electron chi connectivity index (χ0n) is 9.85. The first-order chi connectivity index (χ1) is 8.88. The van der Waals surface area contributed by atoms with Gasteiger partial charge in [0.1, 0.15) is 0 Å². The highest BCUT2D eigenvalue weighted by molar-refractivity contribution is 7.15. The number of alkyl halides is 3. The third kappa shape index (κ3) is 3.34. The Hall–Kier alpha value is -1.38. The average Bonchev–Trinajstić information content (AvgIpc) is 2.77. The van der Waals surface area contributed by atoms with Crippen LogP contribution in [0.3, 0.4) is 0 Å². The van der Waals surface area contributed by atoms with Crippen molar-refractivity contribution in [3.05, 3.63) is 5.01 Å². The van der Waals surface area contributed by atoms with Crippen LogP contribution < -0.4 is 4.90 Å². The van der Waals surface area contributed by atoms with Gasteiger partial charge in [-0.05, 0) is 19.3 Å². The molecule has 106 valence electrons. The largest absolute Gasteiger partial charge is 0.481 e. The van der Waals surface area contributed by atoms with Crippen LogP contribution in [0.25, 0.3) is 0 Å². The second-order valence-electron chi connectivity index (χ2n) is 4.33. The van der Waals surface area contributed by atoms with E-state index in [0.29, 0.717) is 24.3 Å². The third-order valence-electron chi connectivity index (χ3n) is 2.94. The molecule has 19 heavy (non-hydrogen) atoms. The van der Waals surface area contributed by atoms with Crippen molar-refractivity contribution < 1.29 is 23.1 Å². The molecule has 5 nitrogen and oxygen atoms in total. The van der Waals surface area contributed by atoms with Gasteiger partial charge in [-0.15, -0.1) is 10.2 Å². The van der Waals surface area contributed by atoms with E-state index in [1.165, 1.54) is 0 Å². The fraction of sp³-hybridized carbons (Fsp3) is 0.700. The number of halogens is 3. The van der Waals surface area contributed by atoms with Crippen LogP contribution in [0.15, 0.2) is 0 Å². The topological polar surface area (TPSA) is 66.3 Å². The molecule has 0 spiro atoms. The predicted octanol–water partition coefficient (Wildman–Crippen LogP) is 2.39. The van der Waals surface area contributed by atoms with Crippen LogP contribution in [0, 0.1) is 0 Å². The molecule has 0 aromatic carbocycles. The summed E-state index contributed by atoms with van der Waals surface area (Å²) in [5.74, 6) is -0.961. The lowest BCUT2D eigenvalue weighted by Crippen LogP contribution is -2.40. The van der Waals surface area contributed by atoms with Gasteiger partial charge >= 0.3 is 12.1 Å². The SMILES string of the molecule is O=C(O)CC1CCCCN1c1nnc(C(F)(F)F)s1. The number of anilines is 1. The fourth-order valence-electron chi connectivity index (χ4n) is 2.11. The molecule has 1 fully saturated rings. The molecule has 1 aliphatic rings. The van der Waals surface area contributed by atoms with E-state index in [-0.39, 0.29) is 17.6 Å². The molecule has 1 unspecified atom stereocenters. The number of carboxylic acids is 1. The first-order valence-electron chi connectivity index (χ1n) is 5.77. The number of hydrogen-bond acceptors (Lipinski definition) is 5. The molecule has 1 aliphatic heterocycles. The van der Waals surface area contributed by atoms with Gasteiger partial charge in [-0.1, -0.05) is 11.3 Å². The Balaban J connectivity index is 2.18. The van der Waals surface area contributed by atoms with Crippen LogP contribution in [0.2, 0.25) is 0 Å². The highest BCUT2D eigenvalue weighted by Crippen LogP contribution is 2.36. The smallest absolute Gasteiger partial charge is 0.445 e. The van der Waals surface area contributed by atoms with Crippen LogP contribution in [-0.4, -0.2) is 33.9 Å². The Morgan fingerprint density at radius 1 is 1.42 bits per heavy atom. The van der Waals surface area contributed by atoms with Gasteiger partial charge in [0.15, 0.2) is 0 Å².